The van der Waals surface area contributed by atoms with Crippen LogP contribution in [0.25, 0.3) is 11.1 Å². The lowest BCUT2D eigenvalue weighted by atomic mass is 9.93. The summed E-state index contributed by atoms with van der Waals surface area (Å²) in [4.78, 5) is 142. The van der Waals surface area contributed by atoms with Crippen molar-refractivity contribution < 1.29 is 53.0 Å². The molecule has 20 heteroatoms. The molecule has 2 unspecified atom stereocenters. The number of amides is 8. The molecule has 3 aromatic carbocycles. The van der Waals surface area contributed by atoms with Gasteiger partial charge in [0.05, 0.1) is 5.60 Å². The van der Waals surface area contributed by atoms with Crippen molar-refractivity contribution in [2.24, 2.45) is 29.6 Å². The molecule has 0 spiro atoms. The van der Waals surface area contributed by atoms with Gasteiger partial charge in [-0.25, -0.2) is 4.79 Å². The average molecular weight is 1210 g/mol. The molecule has 0 saturated carbocycles. The molecule has 19 nitrogen and oxygen atoms in total. The van der Waals surface area contributed by atoms with Crippen molar-refractivity contribution in [3.8, 4) is 11.1 Å². The Morgan fingerprint density at radius 1 is 0.593 bits per heavy atom. The fourth-order valence-electron chi connectivity index (χ4n) is 11.9. The summed E-state index contributed by atoms with van der Waals surface area (Å²) in [5, 5.41) is 21.1. The number of carbonyl (C=O) groups is 9. The van der Waals surface area contributed by atoms with E-state index in [9.17, 15) is 24.3 Å². The van der Waals surface area contributed by atoms with Crippen LogP contribution in [0.2, 0.25) is 5.02 Å². The molecule has 8 amide bonds. The summed E-state index contributed by atoms with van der Waals surface area (Å²) in [7, 11) is 5.66. The Morgan fingerprint density at radius 2 is 1.13 bits per heavy atom. The van der Waals surface area contributed by atoms with Gasteiger partial charge in [-0.3, -0.25) is 38.4 Å². The molecule has 0 bridgehead atoms. The van der Waals surface area contributed by atoms with Gasteiger partial charge < -0.3 is 50.3 Å². The molecule has 0 aromatic heterocycles. The number of benzene rings is 3. The first-order valence-electron chi connectivity index (χ1n) is 30.4. The number of cyclic esters (lactones) is 1. The Balaban J connectivity index is 1.73. The Hall–Kier alpha value is -6.86. The minimum Gasteiger partial charge on any atom is -0.450 e. The van der Waals surface area contributed by atoms with Gasteiger partial charge in [-0.05, 0) is 97.6 Å². The monoisotopic (exact) mass is 1210 g/mol. The number of esters is 1. The largest absolute Gasteiger partial charge is 0.450 e. The lowest BCUT2D eigenvalue weighted by molar-refractivity contribution is -0.177. The van der Waals surface area contributed by atoms with Crippen molar-refractivity contribution in [1.29, 1.82) is 0 Å². The highest BCUT2D eigenvalue weighted by Gasteiger charge is 2.48. The predicted molar refractivity (Wildman–Crippen MR) is 332 cm³/mol. The number of aliphatic hydroxyl groups is 1. The number of likely N-dealkylation sites (N-methyl/N-ethyl adjacent to an activating group) is 4. The SMILES string of the molecule is CCC(C)[C@@H]1NC(=O)[C@@H]2CCCN2C(=O)[C@H](Cc2cccc(-c3cccc(Cl)c3)c2)N(C)C(=O)[C@H](Cc2ccccc2)NC(=O)[C@H](C(C)C)N(C)C(=O)[C@@H](C(C)CC)OC(=O)[C@H](C(C)(C)O)N(C)C(=O)[C@H](CC(C)C)NC(=O)[C@H](C(C)C)N(C)C1=O. The number of rotatable bonds is 14. The van der Waals surface area contributed by atoms with Crippen LogP contribution in [0.4, 0.5) is 0 Å². The third kappa shape index (κ3) is 17.2. The zero-order chi connectivity index (χ0) is 64.2. The molecule has 2 aliphatic heterocycles. The smallest absolute Gasteiger partial charge is 0.332 e. The normalized spacial score (nSPS) is 25.3. The van der Waals surface area contributed by atoms with Crippen LogP contribution in [0.3, 0.4) is 0 Å². The summed E-state index contributed by atoms with van der Waals surface area (Å²) in [5.74, 6) is -8.89. The summed E-state index contributed by atoms with van der Waals surface area (Å²) in [6.45, 7) is 20.6. The van der Waals surface area contributed by atoms with Crippen molar-refractivity contribution in [2.45, 2.75) is 188 Å². The zero-order valence-electron chi connectivity index (χ0n) is 53.4. The minimum atomic E-state index is -1.99. The molecule has 86 heavy (non-hydrogen) atoms. The van der Waals surface area contributed by atoms with Gasteiger partial charge in [-0.1, -0.05) is 154 Å². The van der Waals surface area contributed by atoms with Crippen molar-refractivity contribution in [3.63, 3.8) is 0 Å². The minimum absolute atomic E-state index is 0.0287. The van der Waals surface area contributed by atoms with Gasteiger partial charge >= 0.3 is 5.97 Å². The number of nitrogens with zero attached hydrogens (tertiary/aromatic N) is 5. The van der Waals surface area contributed by atoms with Crippen LogP contribution in [-0.4, -0.2) is 178 Å². The molecule has 11 atom stereocenters. The van der Waals surface area contributed by atoms with Crippen LogP contribution in [0.15, 0.2) is 78.9 Å². The second-order valence-corrected chi connectivity index (χ2v) is 25.8. The number of hydrogen-bond donors (Lipinski definition) is 4. The topological polar surface area (TPSA) is 235 Å². The molecule has 2 aliphatic rings. The van der Waals surface area contributed by atoms with Crippen molar-refractivity contribution in [1.82, 2.24) is 40.4 Å². The highest BCUT2D eigenvalue weighted by molar-refractivity contribution is 6.30. The van der Waals surface area contributed by atoms with E-state index in [4.69, 9.17) is 16.3 Å². The predicted octanol–water partition coefficient (Wildman–Crippen LogP) is 6.69. The molecule has 5 rings (SSSR count). The van der Waals surface area contributed by atoms with Crippen molar-refractivity contribution >= 4 is 64.8 Å². The number of halogens is 1. The second kappa shape index (κ2) is 30.7. The van der Waals surface area contributed by atoms with Crippen LogP contribution in [0, 0.1) is 29.6 Å². The molecular weight excluding hydrogens is 1120 g/mol. The number of nitrogens with one attached hydrogen (secondary N) is 3. The fourth-order valence-corrected chi connectivity index (χ4v) is 12.1. The van der Waals surface area contributed by atoms with E-state index >= 15 is 24.0 Å². The maximum Gasteiger partial charge on any atom is 0.332 e. The Morgan fingerprint density at radius 3 is 1.67 bits per heavy atom. The number of carbonyl (C=O) groups excluding carboxylic acids is 9. The average Bonchev–Trinajstić information content (AvgIpc) is 1.84. The summed E-state index contributed by atoms with van der Waals surface area (Å²) < 4.78 is 6.13. The molecular formula is C66H95ClN8O11. The van der Waals surface area contributed by atoms with Crippen molar-refractivity contribution in [2.75, 3.05) is 34.7 Å². The third-order valence-corrected chi connectivity index (χ3v) is 17.3. The highest BCUT2D eigenvalue weighted by Crippen LogP contribution is 2.29. The molecule has 3 aromatic rings. The highest BCUT2D eigenvalue weighted by atomic mass is 35.5. The third-order valence-electron chi connectivity index (χ3n) is 17.1. The van der Waals surface area contributed by atoms with E-state index in [0.29, 0.717) is 35.4 Å². The van der Waals surface area contributed by atoms with Crippen LogP contribution in [-0.2, 0) is 60.7 Å². The molecule has 2 heterocycles. The summed E-state index contributed by atoms with van der Waals surface area (Å²) in [5.41, 5.74) is 0.975. The van der Waals surface area contributed by atoms with Crippen LogP contribution in [0.5, 0.6) is 0 Å². The van der Waals surface area contributed by atoms with Gasteiger partial charge in [-0.2, -0.15) is 0 Å². The molecule has 2 saturated heterocycles. The van der Waals surface area contributed by atoms with Crippen LogP contribution >= 0.6 is 11.6 Å². The number of ether oxygens (including phenoxy) is 1. The Kier molecular flexibility index (Phi) is 24.9. The first kappa shape index (κ1) is 69.9. The quantitative estimate of drug-likeness (QED) is 0.124. The summed E-state index contributed by atoms with van der Waals surface area (Å²) >= 11 is 6.43. The van der Waals surface area contributed by atoms with Gasteiger partial charge in [0.25, 0.3) is 5.91 Å². The number of hydrogen-bond acceptors (Lipinski definition) is 11. The Labute approximate surface area is 514 Å². The lowest BCUT2D eigenvalue weighted by Gasteiger charge is -2.39. The standard InChI is InChI=1S/C66H95ClN8O11/c1-17-41(9)52-63(82)72(14)53(39(5)6)58(77)68-48(33-38(3)4)61(80)74(16)56(66(11,12)85)65(84)86-55(42(10)18-2)64(83)73(15)54(40(7)8)59(78)69-49(35-43-25-20-19-21-26-43)60(79)71(13)51(62(81)75-32-24-31-50(75)57(76)70-52)36-44-27-22-28-45(34-44)46-29-23-30-47(67)37-46/h19-23,25-30,34,37-42,48-56,85H,17-18,24,31-33,35-36H2,1-16H3,(H,68,77)(H,69,78)(H,70,76)/t41?,42?,48-,49-,50-,51-,52-,53-,54-,55+,56+/m0/s1. The Bertz CT molecular complexity index is 2880. The van der Waals surface area contributed by atoms with Crippen LogP contribution < -0.4 is 16.0 Å². The maximum absolute atomic E-state index is 15.7. The maximum atomic E-state index is 15.7. The molecule has 2 fully saturated rings. The summed E-state index contributed by atoms with van der Waals surface area (Å²) in [6, 6.07) is 13.5. The van der Waals surface area contributed by atoms with E-state index in [1.165, 1.54) is 61.6 Å². The fraction of sp³-hybridized carbons (Fsp3) is 0.591. The molecule has 0 aliphatic carbocycles. The van der Waals surface area contributed by atoms with Gasteiger partial charge in [0, 0.05) is 58.5 Å². The van der Waals surface area contributed by atoms with Gasteiger partial charge in [0.2, 0.25) is 41.4 Å². The van der Waals surface area contributed by atoms with E-state index in [2.05, 4.69) is 16.0 Å². The second-order valence-electron chi connectivity index (χ2n) is 25.4. The first-order valence-corrected chi connectivity index (χ1v) is 30.8. The first-order chi connectivity index (χ1) is 40.3. The van der Waals surface area contributed by atoms with E-state index in [1.807, 2.05) is 69.3 Å². The van der Waals surface area contributed by atoms with E-state index < -0.39 is 137 Å². The summed E-state index contributed by atoms with van der Waals surface area (Å²) in [6.07, 6.45) is -0.119. The van der Waals surface area contributed by atoms with Crippen molar-refractivity contribution in [3.05, 3.63) is 95.0 Å². The van der Waals surface area contributed by atoms with Gasteiger partial charge in [-0.15, -0.1) is 0 Å². The van der Waals surface area contributed by atoms with E-state index in [1.54, 1.807) is 78.8 Å². The zero-order valence-corrected chi connectivity index (χ0v) is 54.1. The van der Waals surface area contributed by atoms with E-state index in [-0.39, 0.29) is 38.1 Å². The lowest BCUT2D eigenvalue weighted by Crippen LogP contribution is -2.63. The van der Waals surface area contributed by atoms with Gasteiger partial charge in [0.1, 0.15) is 42.3 Å². The molecule has 4 N–H and O–H groups in total. The van der Waals surface area contributed by atoms with Gasteiger partial charge in [0.15, 0.2) is 12.1 Å². The number of fused-ring (bicyclic) bond motifs is 1. The van der Waals surface area contributed by atoms with Crippen LogP contribution in [0.1, 0.15) is 126 Å². The molecule has 472 valence electrons. The van der Waals surface area contributed by atoms with E-state index in [0.717, 1.165) is 16.0 Å². The molecule has 0 radical (unpaired) electrons.